The van der Waals surface area contributed by atoms with Crippen LogP contribution in [0.3, 0.4) is 0 Å². The second-order valence-electron chi connectivity index (χ2n) is 4.24. The first-order chi connectivity index (χ1) is 9.11. The fourth-order valence-electron chi connectivity index (χ4n) is 1.83. The van der Waals surface area contributed by atoms with Crippen LogP contribution in [-0.2, 0) is 0 Å². The zero-order chi connectivity index (χ0) is 13.8. The van der Waals surface area contributed by atoms with Crippen LogP contribution in [0.2, 0.25) is 0 Å². The Morgan fingerprint density at radius 1 is 1.00 bits per heavy atom. The zero-order valence-electron chi connectivity index (χ0n) is 10.8. The van der Waals surface area contributed by atoms with E-state index in [9.17, 15) is 8.78 Å². The van der Waals surface area contributed by atoms with Gasteiger partial charge >= 0.3 is 0 Å². The molecule has 19 heavy (non-hydrogen) atoms. The molecule has 0 bridgehead atoms. The number of rotatable bonds is 4. The average molecular weight is 263 g/mol. The molecule has 0 heterocycles. The van der Waals surface area contributed by atoms with Crippen LogP contribution in [0.5, 0.6) is 5.75 Å². The van der Waals surface area contributed by atoms with Gasteiger partial charge in [-0.15, -0.1) is 0 Å². The number of para-hydroxylation sites is 1. The Bertz CT molecular complexity index is 534. The number of halogens is 2. The highest BCUT2D eigenvalue weighted by atomic mass is 19.1. The molecule has 0 amide bonds. The van der Waals surface area contributed by atoms with E-state index in [1.807, 2.05) is 31.2 Å². The molecule has 0 aliphatic carbocycles. The number of benzene rings is 2. The molecule has 2 nitrogen and oxygen atoms in total. The maximum absolute atomic E-state index is 13.5. The van der Waals surface area contributed by atoms with Crippen LogP contribution in [0.1, 0.15) is 18.5 Å². The van der Waals surface area contributed by atoms with Crippen LogP contribution in [0.15, 0.2) is 42.5 Å². The Morgan fingerprint density at radius 2 is 1.58 bits per heavy atom. The average Bonchev–Trinajstić information content (AvgIpc) is 2.43. The van der Waals surface area contributed by atoms with Gasteiger partial charge in [-0.2, -0.15) is 0 Å². The van der Waals surface area contributed by atoms with Gasteiger partial charge in [0.15, 0.2) is 0 Å². The van der Waals surface area contributed by atoms with Crippen LogP contribution >= 0.6 is 0 Å². The molecule has 0 spiro atoms. The first-order valence-electron chi connectivity index (χ1n) is 5.96. The molecule has 0 saturated heterocycles. The van der Waals surface area contributed by atoms with Gasteiger partial charge in [0.05, 0.1) is 7.11 Å². The molecule has 1 N–H and O–H groups in total. The third-order valence-corrected chi connectivity index (χ3v) is 2.94. The quantitative estimate of drug-likeness (QED) is 0.894. The smallest absolute Gasteiger partial charge is 0.149 e. The van der Waals surface area contributed by atoms with Crippen molar-refractivity contribution in [2.45, 2.75) is 13.0 Å². The van der Waals surface area contributed by atoms with Gasteiger partial charge in [0.2, 0.25) is 0 Å². The minimum absolute atomic E-state index is 0.106. The molecule has 0 radical (unpaired) electrons. The molecule has 0 aliphatic rings. The van der Waals surface area contributed by atoms with Crippen molar-refractivity contribution in [1.82, 2.24) is 0 Å². The molecule has 0 fully saturated rings. The minimum atomic E-state index is -0.597. The number of nitrogens with one attached hydrogen (secondary N) is 1. The van der Waals surface area contributed by atoms with Gasteiger partial charge in [-0.1, -0.05) is 18.2 Å². The van der Waals surface area contributed by atoms with Gasteiger partial charge in [-0.3, -0.25) is 0 Å². The number of anilines is 1. The summed E-state index contributed by atoms with van der Waals surface area (Å²) in [6, 6.07) is 10.9. The molecular formula is C15H15F2NO. The lowest BCUT2D eigenvalue weighted by Crippen LogP contribution is -2.09. The Hall–Kier alpha value is -2.10. The maximum atomic E-state index is 13.5. The van der Waals surface area contributed by atoms with E-state index < -0.39 is 11.6 Å². The largest absolute Gasteiger partial charge is 0.497 e. The summed E-state index contributed by atoms with van der Waals surface area (Å²) < 4.78 is 32.1. The van der Waals surface area contributed by atoms with Crippen molar-refractivity contribution in [3.63, 3.8) is 0 Å². The van der Waals surface area contributed by atoms with E-state index >= 15 is 0 Å². The number of ether oxygens (including phenoxy) is 1. The summed E-state index contributed by atoms with van der Waals surface area (Å²) in [5, 5.41) is 2.84. The molecule has 2 rings (SSSR count). The lowest BCUT2D eigenvalue weighted by molar-refractivity contribution is 0.414. The van der Waals surface area contributed by atoms with Gasteiger partial charge in [-0.25, -0.2) is 8.78 Å². The zero-order valence-corrected chi connectivity index (χ0v) is 10.8. The fraction of sp³-hybridized carbons (Fsp3) is 0.200. The van der Waals surface area contributed by atoms with Crippen LogP contribution in [0.4, 0.5) is 14.5 Å². The van der Waals surface area contributed by atoms with E-state index in [2.05, 4.69) is 5.32 Å². The van der Waals surface area contributed by atoms with E-state index in [0.29, 0.717) is 0 Å². The van der Waals surface area contributed by atoms with Crippen LogP contribution in [-0.4, -0.2) is 7.11 Å². The molecule has 1 unspecified atom stereocenters. The molecule has 100 valence electrons. The molecule has 1 atom stereocenters. The topological polar surface area (TPSA) is 21.3 Å². The number of hydrogen-bond acceptors (Lipinski definition) is 2. The van der Waals surface area contributed by atoms with Crippen molar-refractivity contribution in [2.75, 3.05) is 12.4 Å². The normalized spacial score (nSPS) is 12.0. The maximum Gasteiger partial charge on any atom is 0.149 e. The van der Waals surface area contributed by atoms with E-state index in [1.165, 1.54) is 18.2 Å². The summed E-state index contributed by atoms with van der Waals surface area (Å²) in [7, 11) is 1.59. The van der Waals surface area contributed by atoms with E-state index in [0.717, 1.165) is 11.3 Å². The molecule has 4 heteroatoms. The van der Waals surface area contributed by atoms with Crippen LogP contribution < -0.4 is 10.1 Å². The highest BCUT2D eigenvalue weighted by Crippen LogP contribution is 2.25. The van der Waals surface area contributed by atoms with Gasteiger partial charge in [0.25, 0.3) is 0 Å². The minimum Gasteiger partial charge on any atom is -0.497 e. The van der Waals surface area contributed by atoms with Gasteiger partial charge in [-0.05, 0) is 36.8 Å². The molecular weight excluding hydrogens is 248 g/mol. The van der Waals surface area contributed by atoms with Gasteiger partial charge in [0.1, 0.15) is 23.1 Å². The van der Waals surface area contributed by atoms with Crippen molar-refractivity contribution in [2.24, 2.45) is 0 Å². The molecule has 2 aromatic carbocycles. The van der Waals surface area contributed by atoms with Gasteiger partial charge < -0.3 is 10.1 Å². The molecule has 0 aromatic heterocycles. The highest BCUT2D eigenvalue weighted by molar-refractivity contribution is 5.48. The van der Waals surface area contributed by atoms with Crippen molar-refractivity contribution >= 4 is 5.69 Å². The lowest BCUT2D eigenvalue weighted by Gasteiger charge is -2.17. The van der Waals surface area contributed by atoms with E-state index in [4.69, 9.17) is 4.74 Å². The van der Waals surface area contributed by atoms with Gasteiger partial charge in [0, 0.05) is 6.04 Å². The summed E-state index contributed by atoms with van der Waals surface area (Å²) in [5.41, 5.74) is 0.814. The first kappa shape index (κ1) is 13.3. The predicted octanol–water partition coefficient (Wildman–Crippen LogP) is 4.15. The lowest BCUT2D eigenvalue weighted by atomic mass is 10.1. The fourth-order valence-corrected chi connectivity index (χ4v) is 1.83. The molecule has 0 aliphatic heterocycles. The van der Waals surface area contributed by atoms with Crippen LogP contribution in [0, 0.1) is 11.6 Å². The predicted molar refractivity (Wildman–Crippen MR) is 71.4 cm³/mol. The Labute approximate surface area is 111 Å². The van der Waals surface area contributed by atoms with Crippen molar-refractivity contribution in [3.05, 3.63) is 59.7 Å². The highest BCUT2D eigenvalue weighted by Gasteiger charge is 2.12. The number of methoxy groups -OCH3 is 1. The summed E-state index contributed by atoms with van der Waals surface area (Å²) in [6.07, 6.45) is 0. The Morgan fingerprint density at radius 3 is 2.11 bits per heavy atom. The monoisotopic (exact) mass is 263 g/mol. The Kier molecular flexibility index (Phi) is 4.00. The summed E-state index contributed by atoms with van der Waals surface area (Å²) in [6.45, 7) is 1.84. The van der Waals surface area contributed by atoms with Crippen molar-refractivity contribution < 1.29 is 13.5 Å². The second kappa shape index (κ2) is 5.69. The Balaban J connectivity index is 2.18. The van der Waals surface area contributed by atoms with Crippen LogP contribution in [0.25, 0.3) is 0 Å². The standard InChI is InChI=1S/C15H15F2NO/c1-10(11-6-8-12(19-2)9-7-11)18-15-13(16)4-3-5-14(15)17/h3-10,18H,1-2H3. The van der Waals surface area contributed by atoms with E-state index in [1.54, 1.807) is 7.11 Å². The van der Waals surface area contributed by atoms with Crippen molar-refractivity contribution in [3.8, 4) is 5.75 Å². The summed E-state index contributed by atoms with van der Waals surface area (Å²) in [4.78, 5) is 0. The van der Waals surface area contributed by atoms with Crippen molar-refractivity contribution in [1.29, 1.82) is 0 Å². The summed E-state index contributed by atoms with van der Waals surface area (Å²) in [5.74, 6) is -0.450. The number of hydrogen-bond donors (Lipinski definition) is 1. The third-order valence-electron chi connectivity index (χ3n) is 2.94. The first-order valence-corrected chi connectivity index (χ1v) is 5.96. The summed E-state index contributed by atoms with van der Waals surface area (Å²) >= 11 is 0. The molecule has 2 aromatic rings. The third kappa shape index (κ3) is 3.02. The molecule has 0 saturated carbocycles. The SMILES string of the molecule is COc1ccc(C(C)Nc2c(F)cccc2F)cc1. The second-order valence-corrected chi connectivity index (χ2v) is 4.24. The van der Waals surface area contributed by atoms with E-state index in [-0.39, 0.29) is 11.7 Å².